The lowest BCUT2D eigenvalue weighted by Crippen LogP contribution is -1.99. The fourth-order valence-corrected chi connectivity index (χ4v) is 3.23. The Morgan fingerprint density at radius 1 is 1.25 bits per heavy atom. The van der Waals surface area contributed by atoms with Gasteiger partial charge in [0, 0.05) is 6.54 Å². The van der Waals surface area contributed by atoms with Crippen LogP contribution in [0.4, 0.5) is 4.39 Å². The highest BCUT2D eigenvalue weighted by Crippen LogP contribution is 2.35. The van der Waals surface area contributed by atoms with E-state index in [0.29, 0.717) is 20.2 Å². The molecule has 0 saturated heterocycles. The summed E-state index contributed by atoms with van der Waals surface area (Å²) < 4.78 is 20.2. The van der Waals surface area contributed by atoms with Gasteiger partial charge in [0.25, 0.3) is 5.22 Å². The lowest BCUT2D eigenvalue weighted by Gasteiger charge is -2.06. The summed E-state index contributed by atoms with van der Waals surface area (Å²) in [6.45, 7) is 0.283. The van der Waals surface area contributed by atoms with Crippen LogP contribution in [0.25, 0.3) is 11.1 Å². The van der Waals surface area contributed by atoms with Gasteiger partial charge in [-0.1, -0.05) is 18.2 Å². The van der Waals surface area contributed by atoms with E-state index in [2.05, 4.69) is 20.9 Å². The molecule has 0 radical (unpaired) electrons. The van der Waals surface area contributed by atoms with Gasteiger partial charge in [0.2, 0.25) is 0 Å². The number of hydrogen-bond donors (Lipinski definition) is 1. The van der Waals surface area contributed by atoms with Crippen LogP contribution in [-0.4, -0.2) is 4.98 Å². The van der Waals surface area contributed by atoms with Gasteiger partial charge in [-0.15, -0.1) is 0 Å². The van der Waals surface area contributed by atoms with Gasteiger partial charge in [-0.25, -0.2) is 9.37 Å². The van der Waals surface area contributed by atoms with E-state index >= 15 is 0 Å². The van der Waals surface area contributed by atoms with Gasteiger partial charge in [0.05, 0.1) is 9.37 Å². The summed E-state index contributed by atoms with van der Waals surface area (Å²) in [5.41, 5.74) is 7.71. The van der Waals surface area contributed by atoms with Crippen molar-refractivity contribution in [3.8, 4) is 0 Å². The molecule has 1 heterocycles. The van der Waals surface area contributed by atoms with Gasteiger partial charge in [-0.3, -0.25) is 0 Å². The standard InChI is InChI=1S/C14H10BrFN2OS/c15-12-8(7-17)5-6-11(13(12)16)20-14-18-9-3-1-2-4-10(9)19-14/h1-6H,7,17H2. The number of nitrogens with two attached hydrogens (primary N) is 1. The number of halogens is 2. The van der Waals surface area contributed by atoms with Crippen molar-refractivity contribution in [3.63, 3.8) is 0 Å². The summed E-state index contributed by atoms with van der Waals surface area (Å²) >= 11 is 4.37. The smallest absolute Gasteiger partial charge is 0.261 e. The summed E-state index contributed by atoms with van der Waals surface area (Å²) in [6.07, 6.45) is 0. The molecule has 1 aromatic heterocycles. The third kappa shape index (κ3) is 2.46. The zero-order valence-corrected chi connectivity index (χ0v) is 12.7. The third-order valence-corrected chi connectivity index (χ3v) is 4.56. The normalized spacial score (nSPS) is 11.2. The molecule has 3 aromatic rings. The van der Waals surface area contributed by atoms with E-state index in [1.807, 2.05) is 24.3 Å². The predicted octanol–water partition coefficient (Wildman–Crippen LogP) is 4.34. The first-order valence-corrected chi connectivity index (χ1v) is 7.50. The van der Waals surface area contributed by atoms with Gasteiger partial charge in [-0.2, -0.15) is 0 Å². The Hall–Kier alpha value is -1.37. The zero-order valence-electron chi connectivity index (χ0n) is 10.3. The van der Waals surface area contributed by atoms with E-state index < -0.39 is 0 Å². The van der Waals surface area contributed by atoms with Crippen molar-refractivity contribution in [2.45, 2.75) is 16.7 Å². The molecule has 0 atom stereocenters. The molecule has 0 aliphatic carbocycles. The second-order valence-corrected chi connectivity index (χ2v) is 5.89. The molecule has 3 rings (SSSR count). The van der Waals surface area contributed by atoms with E-state index in [1.54, 1.807) is 12.1 Å². The number of hydrogen-bond acceptors (Lipinski definition) is 4. The second-order valence-electron chi connectivity index (χ2n) is 4.10. The predicted molar refractivity (Wildman–Crippen MR) is 80.1 cm³/mol. The Bertz CT molecular complexity index is 742. The number of aromatic nitrogens is 1. The highest BCUT2D eigenvalue weighted by atomic mass is 79.9. The Balaban J connectivity index is 1.96. The minimum absolute atomic E-state index is 0.283. The molecule has 0 aliphatic rings. The Kier molecular flexibility index (Phi) is 3.78. The van der Waals surface area contributed by atoms with Crippen molar-refractivity contribution >= 4 is 38.8 Å². The molecule has 0 spiro atoms. The molecule has 20 heavy (non-hydrogen) atoms. The van der Waals surface area contributed by atoms with Crippen LogP contribution in [0.5, 0.6) is 0 Å². The van der Waals surface area contributed by atoms with Gasteiger partial charge in [0.1, 0.15) is 5.52 Å². The second kappa shape index (κ2) is 5.55. The molecular weight excluding hydrogens is 343 g/mol. The fourth-order valence-electron chi connectivity index (χ4n) is 1.80. The minimum Gasteiger partial charge on any atom is -0.431 e. The van der Waals surface area contributed by atoms with Gasteiger partial charge >= 0.3 is 0 Å². The topological polar surface area (TPSA) is 52.0 Å². The first-order valence-electron chi connectivity index (χ1n) is 5.89. The number of benzene rings is 2. The molecule has 0 aliphatic heterocycles. The molecule has 0 saturated carbocycles. The maximum atomic E-state index is 14.2. The Morgan fingerprint density at radius 2 is 2.05 bits per heavy atom. The summed E-state index contributed by atoms with van der Waals surface area (Å²) in [5, 5.41) is 0.414. The van der Waals surface area contributed by atoms with Crippen molar-refractivity contribution in [2.24, 2.45) is 5.73 Å². The molecule has 0 bridgehead atoms. The quantitative estimate of drug-likeness (QED) is 0.761. The molecule has 0 amide bonds. The summed E-state index contributed by atoms with van der Waals surface area (Å²) in [7, 11) is 0. The fraction of sp³-hybridized carbons (Fsp3) is 0.0714. The number of nitrogens with zero attached hydrogens (tertiary/aromatic N) is 1. The Morgan fingerprint density at radius 3 is 2.80 bits per heavy atom. The van der Waals surface area contributed by atoms with Crippen molar-refractivity contribution in [2.75, 3.05) is 0 Å². The molecule has 0 fully saturated rings. The number of oxazole rings is 1. The lowest BCUT2D eigenvalue weighted by molar-refractivity contribution is 0.488. The van der Waals surface area contributed by atoms with Crippen LogP contribution in [0.15, 0.2) is 55.4 Å². The number of para-hydroxylation sites is 2. The zero-order chi connectivity index (χ0) is 14.1. The van der Waals surface area contributed by atoms with Crippen LogP contribution >= 0.6 is 27.7 Å². The van der Waals surface area contributed by atoms with Crippen molar-refractivity contribution in [3.05, 3.63) is 52.3 Å². The molecule has 6 heteroatoms. The van der Waals surface area contributed by atoms with Crippen LogP contribution in [0.2, 0.25) is 0 Å². The minimum atomic E-state index is -0.347. The van der Waals surface area contributed by atoms with Crippen LogP contribution in [0.3, 0.4) is 0 Å². The molecule has 102 valence electrons. The number of rotatable bonds is 3. The Labute approximate surface area is 127 Å². The monoisotopic (exact) mass is 352 g/mol. The van der Waals surface area contributed by atoms with Crippen LogP contribution < -0.4 is 5.73 Å². The molecule has 3 nitrogen and oxygen atoms in total. The van der Waals surface area contributed by atoms with Crippen LogP contribution in [-0.2, 0) is 6.54 Å². The highest BCUT2D eigenvalue weighted by Gasteiger charge is 2.14. The van der Waals surface area contributed by atoms with Crippen LogP contribution in [0, 0.1) is 5.82 Å². The van der Waals surface area contributed by atoms with E-state index in [9.17, 15) is 4.39 Å². The van der Waals surface area contributed by atoms with Crippen molar-refractivity contribution in [1.29, 1.82) is 0 Å². The SMILES string of the molecule is NCc1ccc(Sc2nc3ccccc3o2)c(F)c1Br. The average molecular weight is 353 g/mol. The third-order valence-electron chi connectivity index (χ3n) is 2.82. The van der Waals surface area contributed by atoms with E-state index in [0.717, 1.165) is 22.8 Å². The molecular formula is C14H10BrFN2OS. The van der Waals surface area contributed by atoms with Gasteiger partial charge in [-0.05, 0) is 51.5 Å². The largest absolute Gasteiger partial charge is 0.431 e. The molecule has 2 N–H and O–H groups in total. The van der Waals surface area contributed by atoms with E-state index in [1.165, 1.54) is 0 Å². The van der Waals surface area contributed by atoms with Crippen molar-refractivity contribution < 1.29 is 8.81 Å². The van der Waals surface area contributed by atoms with E-state index in [-0.39, 0.29) is 12.4 Å². The number of fused-ring (bicyclic) bond motifs is 1. The first kappa shape index (κ1) is 13.6. The van der Waals surface area contributed by atoms with Crippen molar-refractivity contribution in [1.82, 2.24) is 4.98 Å². The molecule has 0 unspecified atom stereocenters. The van der Waals surface area contributed by atoms with Crippen LogP contribution in [0.1, 0.15) is 5.56 Å². The molecule has 2 aromatic carbocycles. The van der Waals surface area contributed by atoms with Gasteiger partial charge < -0.3 is 10.2 Å². The highest BCUT2D eigenvalue weighted by molar-refractivity contribution is 9.10. The summed E-state index contributed by atoms with van der Waals surface area (Å²) in [6, 6.07) is 10.9. The maximum Gasteiger partial charge on any atom is 0.261 e. The average Bonchev–Trinajstić information content (AvgIpc) is 2.86. The summed E-state index contributed by atoms with van der Waals surface area (Å²) in [5.74, 6) is -0.347. The first-order chi connectivity index (χ1) is 9.69. The van der Waals surface area contributed by atoms with E-state index in [4.69, 9.17) is 10.2 Å². The maximum absolute atomic E-state index is 14.2. The van der Waals surface area contributed by atoms with Gasteiger partial charge in [0.15, 0.2) is 11.4 Å². The lowest BCUT2D eigenvalue weighted by atomic mass is 10.2. The summed E-state index contributed by atoms with van der Waals surface area (Å²) in [4.78, 5) is 4.76.